The van der Waals surface area contributed by atoms with Crippen molar-refractivity contribution < 1.29 is 19.1 Å². The number of amides is 1. The van der Waals surface area contributed by atoms with Gasteiger partial charge in [0.1, 0.15) is 27.4 Å². The maximum Gasteiger partial charge on any atom is 0.348 e. The number of ether oxygens (including phenoxy) is 2. The van der Waals surface area contributed by atoms with Gasteiger partial charge in [-0.1, -0.05) is 11.3 Å². The SMILES string of the molecule is Cc1c(C(=O)OC(C)C)sc2ncn(CC(=O)Nc3nnc(C4CCCO4)s3)c(=O)c12. The molecule has 4 rings (SSSR count). The van der Waals surface area contributed by atoms with Crippen molar-refractivity contribution in [3.8, 4) is 0 Å². The van der Waals surface area contributed by atoms with Crippen molar-refractivity contribution in [3.05, 3.63) is 32.1 Å². The summed E-state index contributed by atoms with van der Waals surface area (Å²) < 4.78 is 12.0. The van der Waals surface area contributed by atoms with Gasteiger partial charge in [0.2, 0.25) is 11.0 Å². The van der Waals surface area contributed by atoms with Gasteiger partial charge in [0, 0.05) is 6.61 Å². The summed E-state index contributed by atoms with van der Waals surface area (Å²) in [7, 11) is 0. The summed E-state index contributed by atoms with van der Waals surface area (Å²) in [6.07, 6.45) is 2.82. The monoisotopic (exact) mass is 463 g/mol. The van der Waals surface area contributed by atoms with Crippen molar-refractivity contribution in [2.24, 2.45) is 0 Å². The number of thiophene rings is 1. The minimum absolute atomic E-state index is 0.0736. The van der Waals surface area contributed by atoms with Gasteiger partial charge in [0.05, 0.1) is 17.8 Å². The number of esters is 1. The number of carbonyl (C=O) groups is 2. The van der Waals surface area contributed by atoms with Gasteiger partial charge in [-0.3, -0.25) is 19.5 Å². The second kappa shape index (κ2) is 8.81. The molecule has 1 saturated heterocycles. The van der Waals surface area contributed by atoms with Gasteiger partial charge in [-0.25, -0.2) is 9.78 Å². The lowest BCUT2D eigenvalue weighted by Gasteiger charge is -2.06. The molecule has 1 aliphatic rings. The van der Waals surface area contributed by atoms with Crippen LogP contribution in [-0.4, -0.2) is 44.3 Å². The number of nitrogens with zero attached hydrogens (tertiary/aromatic N) is 4. The molecule has 12 heteroatoms. The summed E-state index contributed by atoms with van der Waals surface area (Å²) in [4.78, 5) is 42.7. The fraction of sp³-hybridized carbons (Fsp3) is 0.474. The van der Waals surface area contributed by atoms with Gasteiger partial charge >= 0.3 is 5.97 Å². The number of aryl methyl sites for hydroxylation is 1. The summed E-state index contributed by atoms with van der Waals surface area (Å²) in [6, 6.07) is 0. The average molecular weight is 464 g/mol. The molecule has 31 heavy (non-hydrogen) atoms. The molecule has 3 aromatic rings. The first-order valence-corrected chi connectivity index (χ1v) is 11.4. The quantitative estimate of drug-likeness (QED) is 0.553. The number of aromatic nitrogens is 4. The van der Waals surface area contributed by atoms with E-state index in [1.807, 2.05) is 0 Å². The topological polar surface area (TPSA) is 125 Å². The van der Waals surface area contributed by atoms with Crippen molar-refractivity contribution in [2.75, 3.05) is 11.9 Å². The van der Waals surface area contributed by atoms with Crippen LogP contribution in [0.2, 0.25) is 0 Å². The molecule has 3 aromatic heterocycles. The number of hydrogen-bond donors (Lipinski definition) is 1. The van der Waals surface area contributed by atoms with E-state index in [1.165, 1.54) is 22.2 Å². The first-order valence-electron chi connectivity index (χ1n) is 9.78. The van der Waals surface area contributed by atoms with Crippen LogP contribution in [0.4, 0.5) is 5.13 Å². The Balaban J connectivity index is 1.51. The lowest BCUT2D eigenvalue weighted by atomic mass is 10.2. The van der Waals surface area contributed by atoms with Gasteiger partial charge in [-0.05, 0) is 39.2 Å². The Bertz CT molecular complexity index is 1190. The first kappa shape index (κ1) is 21.5. The number of anilines is 1. The van der Waals surface area contributed by atoms with Crippen LogP contribution >= 0.6 is 22.7 Å². The molecule has 0 aromatic carbocycles. The summed E-state index contributed by atoms with van der Waals surface area (Å²) >= 11 is 2.36. The fourth-order valence-electron chi connectivity index (χ4n) is 3.24. The highest BCUT2D eigenvalue weighted by atomic mass is 32.1. The van der Waals surface area contributed by atoms with Gasteiger partial charge in [-0.2, -0.15) is 0 Å². The van der Waals surface area contributed by atoms with Crippen LogP contribution in [0.25, 0.3) is 10.2 Å². The van der Waals surface area contributed by atoms with E-state index in [9.17, 15) is 14.4 Å². The molecule has 0 aliphatic carbocycles. The van der Waals surface area contributed by atoms with Crippen molar-refractivity contribution in [2.45, 2.75) is 52.4 Å². The highest BCUT2D eigenvalue weighted by Crippen LogP contribution is 2.32. The van der Waals surface area contributed by atoms with Crippen LogP contribution in [0.1, 0.15) is 53.0 Å². The smallest absolute Gasteiger partial charge is 0.348 e. The second-order valence-corrected chi connectivity index (χ2v) is 9.37. The van der Waals surface area contributed by atoms with Crippen molar-refractivity contribution in [1.29, 1.82) is 0 Å². The summed E-state index contributed by atoms with van der Waals surface area (Å²) in [5.74, 6) is -0.914. The second-order valence-electron chi connectivity index (χ2n) is 7.36. The molecule has 1 atom stereocenters. The van der Waals surface area contributed by atoms with Gasteiger partial charge in [0.25, 0.3) is 5.56 Å². The van der Waals surface area contributed by atoms with Crippen LogP contribution in [0.15, 0.2) is 11.1 Å². The maximum atomic E-state index is 12.9. The third kappa shape index (κ3) is 4.50. The molecule has 1 amide bonds. The highest BCUT2D eigenvalue weighted by molar-refractivity contribution is 7.20. The number of rotatable bonds is 6. The van der Waals surface area contributed by atoms with E-state index in [0.29, 0.717) is 32.4 Å². The van der Waals surface area contributed by atoms with Crippen LogP contribution in [-0.2, 0) is 20.8 Å². The van der Waals surface area contributed by atoms with Gasteiger partial charge < -0.3 is 9.47 Å². The maximum absolute atomic E-state index is 12.9. The molecule has 10 nitrogen and oxygen atoms in total. The van der Waals surface area contributed by atoms with Crippen LogP contribution < -0.4 is 10.9 Å². The van der Waals surface area contributed by atoms with Crippen LogP contribution in [0.5, 0.6) is 0 Å². The third-order valence-electron chi connectivity index (χ3n) is 4.65. The molecular weight excluding hydrogens is 442 g/mol. The van der Waals surface area contributed by atoms with E-state index in [-0.39, 0.29) is 18.8 Å². The van der Waals surface area contributed by atoms with E-state index in [0.717, 1.165) is 29.2 Å². The number of nitrogens with one attached hydrogen (secondary N) is 1. The minimum Gasteiger partial charge on any atom is -0.459 e. The Labute approximate surface area is 185 Å². The van der Waals surface area contributed by atoms with E-state index in [2.05, 4.69) is 20.5 Å². The Morgan fingerprint density at radius 3 is 2.87 bits per heavy atom. The normalized spacial score (nSPS) is 16.2. The summed E-state index contributed by atoms with van der Waals surface area (Å²) in [6.45, 7) is 5.65. The van der Waals surface area contributed by atoms with Crippen molar-refractivity contribution in [1.82, 2.24) is 19.7 Å². The zero-order chi connectivity index (χ0) is 22.1. The lowest BCUT2D eigenvalue weighted by Crippen LogP contribution is -2.27. The minimum atomic E-state index is -0.488. The van der Waals surface area contributed by atoms with Gasteiger partial charge in [-0.15, -0.1) is 21.5 Å². The Morgan fingerprint density at radius 2 is 2.16 bits per heavy atom. The molecule has 1 unspecified atom stereocenters. The lowest BCUT2D eigenvalue weighted by molar-refractivity contribution is -0.116. The van der Waals surface area contributed by atoms with E-state index in [1.54, 1.807) is 20.8 Å². The molecule has 0 radical (unpaired) electrons. The summed E-state index contributed by atoms with van der Waals surface area (Å²) in [5, 5.41) is 12.1. The predicted octanol–water partition coefficient (Wildman–Crippen LogP) is 2.67. The molecule has 4 heterocycles. The largest absolute Gasteiger partial charge is 0.459 e. The molecular formula is C19H21N5O5S2. The molecule has 1 N–H and O–H groups in total. The number of carbonyl (C=O) groups excluding carboxylic acids is 2. The van der Waals surface area contributed by atoms with Crippen LogP contribution in [0, 0.1) is 6.92 Å². The van der Waals surface area contributed by atoms with Gasteiger partial charge in [0.15, 0.2) is 0 Å². The van der Waals surface area contributed by atoms with Crippen molar-refractivity contribution >= 4 is 49.9 Å². The zero-order valence-corrected chi connectivity index (χ0v) is 18.8. The molecule has 0 saturated carbocycles. The van der Waals surface area contributed by atoms with E-state index < -0.39 is 17.4 Å². The highest BCUT2D eigenvalue weighted by Gasteiger charge is 2.23. The standard InChI is InChI=1S/C19H21N5O5S2/c1-9(2)29-18(27)14-10(3)13-16(30-14)20-8-24(17(13)26)7-12(25)21-19-23-22-15(31-19)11-5-4-6-28-11/h8-9,11H,4-7H2,1-3H3,(H,21,23,25). The molecule has 0 spiro atoms. The fourth-order valence-corrected chi connectivity index (χ4v) is 5.10. The number of fused-ring (bicyclic) bond motifs is 1. The first-order chi connectivity index (χ1) is 14.8. The van der Waals surface area contributed by atoms with E-state index in [4.69, 9.17) is 9.47 Å². The molecule has 0 bridgehead atoms. The Kier molecular flexibility index (Phi) is 6.12. The Hall–Kier alpha value is -2.70. The average Bonchev–Trinajstić information content (AvgIpc) is 3.43. The predicted molar refractivity (Wildman–Crippen MR) is 116 cm³/mol. The third-order valence-corrected chi connectivity index (χ3v) is 6.76. The number of hydrogen-bond acceptors (Lipinski definition) is 10. The zero-order valence-electron chi connectivity index (χ0n) is 17.2. The van der Waals surface area contributed by atoms with Crippen molar-refractivity contribution in [3.63, 3.8) is 0 Å². The van der Waals surface area contributed by atoms with E-state index >= 15 is 0 Å². The van der Waals surface area contributed by atoms with Crippen LogP contribution in [0.3, 0.4) is 0 Å². The summed E-state index contributed by atoms with van der Waals surface area (Å²) in [5.41, 5.74) is 0.109. The Morgan fingerprint density at radius 1 is 1.35 bits per heavy atom. The molecule has 164 valence electrons. The molecule has 1 aliphatic heterocycles. The molecule has 1 fully saturated rings.